The van der Waals surface area contributed by atoms with Gasteiger partial charge in [-0.2, -0.15) is 0 Å². The van der Waals surface area contributed by atoms with Crippen LogP contribution in [0.25, 0.3) is 0 Å². The lowest BCUT2D eigenvalue weighted by Gasteiger charge is -2.24. The van der Waals surface area contributed by atoms with E-state index in [4.69, 9.17) is 0 Å². The standard InChI is InChI=1S/C25H31FN2/c1-20(2)13-15-27(17-23-7-4-6-21(3)16-23)19-25-8-5-14-28(25)18-22-9-11-24(26)12-10-22/h4-12,14,16,20H,13,15,17-19H2,1-3H3. The van der Waals surface area contributed by atoms with E-state index >= 15 is 0 Å². The summed E-state index contributed by atoms with van der Waals surface area (Å²) in [6.07, 6.45) is 3.30. The predicted octanol–water partition coefficient (Wildman–Crippen LogP) is 6.03. The third-order valence-corrected chi connectivity index (χ3v) is 5.09. The number of hydrogen-bond acceptors (Lipinski definition) is 1. The minimum Gasteiger partial charge on any atom is -0.346 e. The van der Waals surface area contributed by atoms with E-state index in [9.17, 15) is 4.39 Å². The first-order valence-corrected chi connectivity index (χ1v) is 10.2. The van der Waals surface area contributed by atoms with Gasteiger partial charge in [0, 0.05) is 31.5 Å². The van der Waals surface area contributed by atoms with Crippen LogP contribution in [-0.4, -0.2) is 16.0 Å². The Labute approximate surface area is 168 Å². The van der Waals surface area contributed by atoms with Crippen LogP contribution in [0.4, 0.5) is 4.39 Å². The summed E-state index contributed by atoms with van der Waals surface area (Å²) in [5, 5.41) is 0. The molecule has 0 aliphatic heterocycles. The van der Waals surface area contributed by atoms with Crippen molar-refractivity contribution in [1.29, 1.82) is 0 Å². The van der Waals surface area contributed by atoms with Gasteiger partial charge in [0.2, 0.25) is 0 Å². The molecule has 0 amide bonds. The number of hydrogen-bond donors (Lipinski definition) is 0. The summed E-state index contributed by atoms with van der Waals surface area (Å²) in [7, 11) is 0. The summed E-state index contributed by atoms with van der Waals surface area (Å²) < 4.78 is 15.5. The average molecular weight is 379 g/mol. The topological polar surface area (TPSA) is 8.17 Å². The highest BCUT2D eigenvalue weighted by Crippen LogP contribution is 2.16. The molecule has 0 saturated heterocycles. The molecule has 1 heterocycles. The lowest BCUT2D eigenvalue weighted by Crippen LogP contribution is -2.26. The average Bonchev–Trinajstić information content (AvgIpc) is 3.08. The van der Waals surface area contributed by atoms with Gasteiger partial charge in [0.25, 0.3) is 0 Å². The highest BCUT2D eigenvalue weighted by molar-refractivity contribution is 5.22. The van der Waals surface area contributed by atoms with Crippen molar-refractivity contribution in [3.63, 3.8) is 0 Å². The zero-order valence-electron chi connectivity index (χ0n) is 17.2. The first-order valence-electron chi connectivity index (χ1n) is 10.2. The van der Waals surface area contributed by atoms with Gasteiger partial charge < -0.3 is 4.57 Å². The molecule has 1 aromatic heterocycles. The molecule has 0 unspecified atom stereocenters. The van der Waals surface area contributed by atoms with Crippen LogP contribution in [0.15, 0.2) is 66.9 Å². The number of benzene rings is 2. The molecular formula is C25H31FN2. The van der Waals surface area contributed by atoms with E-state index in [-0.39, 0.29) is 5.82 Å². The Kier molecular flexibility index (Phi) is 7.05. The van der Waals surface area contributed by atoms with Crippen LogP contribution in [0.1, 0.15) is 42.7 Å². The SMILES string of the molecule is Cc1cccc(CN(CCC(C)C)Cc2cccn2Cc2ccc(F)cc2)c1. The summed E-state index contributed by atoms with van der Waals surface area (Å²) >= 11 is 0. The zero-order chi connectivity index (χ0) is 19.9. The van der Waals surface area contributed by atoms with Gasteiger partial charge in [-0.15, -0.1) is 0 Å². The quantitative estimate of drug-likeness (QED) is 0.441. The Hall–Kier alpha value is -2.39. The summed E-state index contributed by atoms with van der Waals surface area (Å²) in [4.78, 5) is 2.53. The Morgan fingerprint density at radius 2 is 1.71 bits per heavy atom. The number of rotatable bonds is 9. The van der Waals surface area contributed by atoms with Crippen molar-refractivity contribution < 1.29 is 4.39 Å². The summed E-state index contributed by atoms with van der Waals surface area (Å²) in [5.74, 6) is 0.500. The maximum atomic E-state index is 13.2. The summed E-state index contributed by atoms with van der Waals surface area (Å²) in [5.41, 5.74) is 5.08. The highest BCUT2D eigenvalue weighted by atomic mass is 19.1. The molecule has 148 valence electrons. The van der Waals surface area contributed by atoms with Crippen LogP contribution < -0.4 is 0 Å². The lowest BCUT2D eigenvalue weighted by molar-refractivity contribution is 0.235. The minimum absolute atomic E-state index is 0.186. The zero-order valence-corrected chi connectivity index (χ0v) is 17.2. The third-order valence-electron chi connectivity index (χ3n) is 5.09. The molecule has 2 nitrogen and oxygen atoms in total. The van der Waals surface area contributed by atoms with Crippen LogP contribution in [0.2, 0.25) is 0 Å². The lowest BCUT2D eigenvalue weighted by atomic mass is 10.1. The molecule has 3 heteroatoms. The number of nitrogens with zero attached hydrogens (tertiary/aromatic N) is 2. The van der Waals surface area contributed by atoms with E-state index < -0.39 is 0 Å². The van der Waals surface area contributed by atoms with E-state index in [2.05, 4.69) is 72.8 Å². The third kappa shape index (κ3) is 6.07. The first-order chi connectivity index (χ1) is 13.5. The van der Waals surface area contributed by atoms with Crippen molar-refractivity contribution in [3.8, 4) is 0 Å². The summed E-state index contributed by atoms with van der Waals surface area (Å²) in [6, 6.07) is 19.9. The van der Waals surface area contributed by atoms with Crippen LogP contribution in [-0.2, 0) is 19.6 Å². The molecule has 28 heavy (non-hydrogen) atoms. The van der Waals surface area contributed by atoms with Crippen molar-refractivity contribution in [2.24, 2.45) is 5.92 Å². The molecule has 2 aromatic carbocycles. The molecule has 0 bridgehead atoms. The number of halogens is 1. The van der Waals surface area contributed by atoms with E-state index in [0.717, 1.165) is 31.7 Å². The minimum atomic E-state index is -0.186. The van der Waals surface area contributed by atoms with Gasteiger partial charge in [0.1, 0.15) is 5.82 Å². The maximum Gasteiger partial charge on any atom is 0.123 e. The fourth-order valence-electron chi connectivity index (χ4n) is 3.49. The van der Waals surface area contributed by atoms with Gasteiger partial charge in [-0.05, 0) is 61.2 Å². The molecule has 0 radical (unpaired) electrons. The predicted molar refractivity (Wildman–Crippen MR) is 115 cm³/mol. The van der Waals surface area contributed by atoms with Crippen molar-refractivity contribution >= 4 is 0 Å². The van der Waals surface area contributed by atoms with Crippen LogP contribution in [0.5, 0.6) is 0 Å². The second kappa shape index (κ2) is 9.70. The molecule has 0 aliphatic rings. The second-order valence-corrected chi connectivity index (χ2v) is 8.14. The summed E-state index contributed by atoms with van der Waals surface area (Å²) in [6.45, 7) is 10.4. The number of aryl methyl sites for hydroxylation is 1. The first kappa shape index (κ1) is 20.3. The highest BCUT2D eigenvalue weighted by Gasteiger charge is 2.11. The van der Waals surface area contributed by atoms with Gasteiger partial charge in [0.05, 0.1) is 0 Å². The smallest absolute Gasteiger partial charge is 0.123 e. The maximum absolute atomic E-state index is 13.2. The normalized spacial score (nSPS) is 11.5. The van der Waals surface area contributed by atoms with Crippen molar-refractivity contribution in [2.75, 3.05) is 6.54 Å². The van der Waals surface area contributed by atoms with Gasteiger partial charge in [-0.1, -0.05) is 55.8 Å². The molecule has 0 spiro atoms. The van der Waals surface area contributed by atoms with Gasteiger partial charge in [-0.25, -0.2) is 4.39 Å². The Balaban J connectivity index is 1.73. The van der Waals surface area contributed by atoms with E-state index in [1.165, 1.54) is 35.4 Å². The molecule has 0 fully saturated rings. The van der Waals surface area contributed by atoms with Crippen LogP contribution in [0, 0.1) is 18.7 Å². The van der Waals surface area contributed by atoms with Crippen molar-refractivity contribution in [1.82, 2.24) is 9.47 Å². The fourth-order valence-corrected chi connectivity index (χ4v) is 3.49. The Morgan fingerprint density at radius 3 is 2.43 bits per heavy atom. The Morgan fingerprint density at radius 1 is 0.929 bits per heavy atom. The molecular weight excluding hydrogens is 347 g/mol. The van der Waals surface area contributed by atoms with Crippen LogP contribution in [0.3, 0.4) is 0 Å². The van der Waals surface area contributed by atoms with E-state index in [1.54, 1.807) is 0 Å². The fraction of sp³-hybridized carbons (Fsp3) is 0.360. The van der Waals surface area contributed by atoms with Crippen LogP contribution >= 0.6 is 0 Å². The molecule has 3 rings (SSSR count). The van der Waals surface area contributed by atoms with Gasteiger partial charge in [-0.3, -0.25) is 4.90 Å². The van der Waals surface area contributed by atoms with E-state index in [1.807, 2.05) is 12.1 Å². The number of aromatic nitrogens is 1. The monoisotopic (exact) mass is 378 g/mol. The van der Waals surface area contributed by atoms with Gasteiger partial charge >= 0.3 is 0 Å². The largest absolute Gasteiger partial charge is 0.346 e. The van der Waals surface area contributed by atoms with Crippen molar-refractivity contribution in [2.45, 2.75) is 46.8 Å². The molecule has 0 N–H and O–H groups in total. The van der Waals surface area contributed by atoms with Crippen molar-refractivity contribution in [3.05, 3.63) is 95.1 Å². The molecule has 0 aliphatic carbocycles. The Bertz CT molecular complexity index is 864. The molecule has 0 atom stereocenters. The molecule has 3 aromatic rings. The van der Waals surface area contributed by atoms with E-state index in [0.29, 0.717) is 5.92 Å². The molecule has 0 saturated carbocycles. The van der Waals surface area contributed by atoms with Gasteiger partial charge in [0.15, 0.2) is 0 Å². The second-order valence-electron chi connectivity index (χ2n) is 8.14.